The van der Waals surface area contributed by atoms with Crippen LogP contribution in [-0.4, -0.2) is 9.52 Å². The fourth-order valence-corrected chi connectivity index (χ4v) is 23.7. The average molecular weight is 647 g/mol. The molecule has 0 radical (unpaired) electrons. The predicted molar refractivity (Wildman–Crippen MR) is 172 cm³/mol. The van der Waals surface area contributed by atoms with Crippen LogP contribution in [0, 0.1) is 11.8 Å². The van der Waals surface area contributed by atoms with Crippen LogP contribution in [0.15, 0.2) is 90.5 Å². The van der Waals surface area contributed by atoms with Crippen LogP contribution in [0.1, 0.15) is 54.4 Å². The Morgan fingerprint density at radius 2 is 1.54 bits per heavy atom. The van der Waals surface area contributed by atoms with Crippen molar-refractivity contribution < 1.29 is 17.9 Å². The van der Waals surface area contributed by atoms with E-state index in [0.717, 1.165) is 12.8 Å². The molecule has 2 unspecified atom stereocenters. The van der Waals surface area contributed by atoms with Crippen molar-refractivity contribution in [3.63, 3.8) is 0 Å². The number of benzene rings is 4. The Morgan fingerprint density at radius 1 is 0.821 bits per heavy atom. The Kier molecular flexibility index (Phi) is 7.71. The van der Waals surface area contributed by atoms with E-state index in [9.17, 15) is 0 Å². The number of halogens is 2. The third-order valence-electron chi connectivity index (χ3n) is 8.77. The van der Waals surface area contributed by atoms with Crippen LogP contribution >= 0.6 is 17.0 Å². The number of hydrogen-bond acceptors (Lipinski definition) is 0. The first-order chi connectivity index (χ1) is 18.8. The van der Waals surface area contributed by atoms with Crippen LogP contribution in [0.3, 0.4) is 0 Å². The molecule has 39 heavy (non-hydrogen) atoms. The van der Waals surface area contributed by atoms with Gasteiger partial charge in [0.05, 0.1) is 0 Å². The fourth-order valence-electron chi connectivity index (χ4n) is 6.77. The van der Waals surface area contributed by atoms with Gasteiger partial charge in [0, 0.05) is 0 Å². The molecule has 0 aromatic heterocycles. The van der Waals surface area contributed by atoms with Gasteiger partial charge in [-0.05, 0) is 0 Å². The van der Waals surface area contributed by atoms with Crippen molar-refractivity contribution in [2.45, 2.75) is 44.2 Å². The van der Waals surface area contributed by atoms with Gasteiger partial charge < -0.3 is 0 Å². The summed E-state index contributed by atoms with van der Waals surface area (Å²) in [5.41, 5.74) is 11.0. The van der Waals surface area contributed by atoms with Crippen molar-refractivity contribution in [1.82, 2.24) is 0 Å². The number of hydrogen-bond donors (Lipinski definition) is 0. The van der Waals surface area contributed by atoms with Crippen molar-refractivity contribution in [2.24, 2.45) is 11.8 Å². The van der Waals surface area contributed by atoms with E-state index in [0.29, 0.717) is 11.8 Å². The van der Waals surface area contributed by atoms with Gasteiger partial charge in [0.25, 0.3) is 0 Å². The molecule has 4 aromatic carbocycles. The first-order valence-electron chi connectivity index (χ1n) is 14.3. The summed E-state index contributed by atoms with van der Waals surface area (Å²) in [6.07, 6.45) is 4.63. The second-order valence-corrected chi connectivity index (χ2v) is 27.6. The fraction of sp³-hybridized carbons (Fsp3) is 0.257. The second kappa shape index (κ2) is 10.9. The molecule has 0 saturated heterocycles. The molecule has 1 heterocycles. The zero-order chi connectivity index (χ0) is 27.3. The van der Waals surface area contributed by atoms with Crippen molar-refractivity contribution in [2.75, 3.05) is 0 Å². The Labute approximate surface area is 247 Å². The SMILES string of the molecule is CCC(C)C1=Cc2c(ccc(CC(C)C)c2-c2ccccc2)[CH]1[Zr]([Cl])([Cl])[c]1cccc2c1[SiH2]c1ccccc1-2. The Balaban J connectivity index is 1.55. The minimum absolute atomic E-state index is 0.118. The van der Waals surface area contributed by atoms with Gasteiger partial charge in [0.2, 0.25) is 0 Å². The molecule has 0 amide bonds. The molecule has 2 atom stereocenters. The number of allylic oxidation sites excluding steroid dienone is 1. The summed E-state index contributed by atoms with van der Waals surface area (Å²) in [5.74, 6) is 1.01. The standard InChI is InChI=1S/C23H27.C12H9Si.2ClH.Zr/c1-5-17(4)21-14-19-11-12-20(13-16(2)3)23(22(19)15-21)18-9-7-6-8-10-18;1-3-7-11-9(5-1)10-6-2-4-8-12(10)13-11;;;/h6-12,14-17H,5,13H2,1-4H3;1-7H,13H2;2*1H;/q;;;;+2/p-2. The van der Waals surface area contributed by atoms with Crippen LogP contribution in [0.25, 0.3) is 28.3 Å². The summed E-state index contributed by atoms with van der Waals surface area (Å²) >= 11 is -3.99. The summed E-state index contributed by atoms with van der Waals surface area (Å²) in [5, 5.41) is 3.01. The Hall–Kier alpha value is -1.70. The Bertz CT molecular complexity index is 1570. The molecule has 1 aliphatic heterocycles. The van der Waals surface area contributed by atoms with Gasteiger partial charge in [0.1, 0.15) is 0 Å². The normalized spacial score (nSPS) is 17.2. The van der Waals surface area contributed by atoms with Crippen LogP contribution in [-0.2, 0) is 24.3 Å². The third-order valence-corrected chi connectivity index (χ3v) is 23.0. The quantitative estimate of drug-likeness (QED) is 0.158. The van der Waals surface area contributed by atoms with Crippen molar-refractivity contribution in [1.29, 1.82) is 0 Å². The number of fused-ring (bicyclic) bond motifs is 4. The summed E-state index contributed by atoms with van der Waals surface area (Å²) in [7, 11) is 15.2. The molecule has 0 nitrogen and oxygen atoms in total. The maximum atomic E-state index is 7.90. The van der Waals surface area contributed by atoms with Gasteiger partial charge in [-0.2, -0.15) is 0 Å². The van der Waals surface area contributed by atoms with Crippen molar-refractivity contribution >= 4 is 46.3 Å². The molecule has 1 aliphatic carbocycles. The van der Waals surface area contributed by atoms with Gasteiger partial charge in [-0.1, -0.05) is 0 Å². The summed E-state index contributed by atoms with van der Waals surface area (Å²) in [6, 6.07) is 31.4. The summed E-state index contributed by atoms with van der Waals surface area (Å²) < 4.78 is 1.43. The topological polar surface area (TPSA) is 0 Å². The number of rotatable bonds is 7. The van der Waals surface area contributed by atoms with Crippen LogP contribution in [0.2, 0.25) is 0 Å². The summed E-state index contributed by atoms with van der Waals surface area (Å²) in [4.78, 5) is 0. The van der Waals surface area contributed by atoms with Crippen LogP contribution in [0.5, 0.6) is 0 Å². The van der Waals surface area contributed by atoms with Crippen LogP contribution < -0.4 is 13.6 Å². The molecule has 0 saturated carbocycles. The average Bonchev–Trinajstić information content (AvgIpc) is 3.52. The molecular weight excluding hydrogens is 611 g/mol. The van der Waals surface area contributed by atoms with Crippen molar-refractivity contribution in [3.8, 4) is 22.3 Å². The zero-order valence-electron chi connectivity index (χ0n) is 23.3. The van der Waals surface area contributed by atoms with E-state index in [4.69, 9.17) is 17.0 Å². The third kappa shape index (κ3) is 4.80. The van der Waals surface area contributed by atoms with E-state index in [2.05, 4.69) is 119 Å². The van der Waals surface area contributed by atoms with Crippen molar-refractivity contribution in [3.05, 3.63) is 107 Å². The van der Waals surface area contributed by atoms with Gasteiger partial charge in [-0.3, -0.25) is 0 Å². The molecule has 0 bridgehead atoms. The molecule has 0 fully saturated rings. The monoisotopic (exact) mass is 644 g/mol. The zero-order valence-corrected chi connectivity index (χ0v) is 28.7. The minimum atomic E-state index is -3.99. The van der Waals surface area contributed by atoms with Crippen LogP contribution in [0.4, 0.5) is 0 Å². The first kappa shape index (κ1) is 27.5. The van der Waals surface area contributed by atoms with E-state index >= 15 is 0 Å². The first-order valence-corrected chi connectivity index (χ1v) is 24.7. The molecule has 6 rings (SSSR count). The molecule has 0 spiro atoms. The van der Waals surface area contributed by atoms with Gasteiger partial charge in [-0.15, -0.1) is 0 Å². The van der Waals surface area contributed by atoms with Gasteiger partial charge in [-0.25, -0.2) is 0 Å². The van der Waals surface area contributed by atoms with Gasteiger partial charge in [0.15, 0.2) is 0 Å². The predicted octanol–water partition coefficient (Wildman–Crippen LogP) is 7.92. The molecule has 198 valence electrons. The van der Waals surface area contributed by atoms with E-state index in [1.807, 2.05) is 0 Å². The Morgan fingerprint density at radius 3 is 2.28 bits per heavy atom. The van der Waals surface area contributed by atoms with E-state index in [1.165, 1.54) is 58.2 Å². The van der Waals surface area contributed by atoms with E-state index < -0.39 is 27.4 Å². The van der Waals surface area contributed by atoms with E-state index in [1.54, 1.807) is 0 Å². The van der Waals surface area contributed by atoms with Gasteiger partial charge >= 0.3 is 250 Å². The second-order valence-electron chi connectivity index (χ2n) is 11.7. The van der Waals surface area contributed by atoms with E-state index in [-0.39, 0.29) is 3.63 Å². The molecular formula is C35H36Cl2SiZr. The molecule has 2 aliphatic rings. The summed E-state index contributed by atoms with van der Waals surface area (Å²) in [6.45, 7) is 9.26. The molecule has 4 heteroatoms. The molecule has 4 aromatic rings. The maximum absolute atomic E-state index is 7.90. The molecule has 0 N–H and O–H groups in total.